The number of furan rings is 1. The predicted octanol–water partition coefficient (Wildman–Crippen LogP) is 2.33. The maximum absolute atomic E-state index is 12.6. The summed E-state index contributed by atoms with van der Waals surface area (Å²) in [5, 5.41) is 0. The van der Waals surface area contributed by atoms with Gasteiger partial charge in [0.1, 0.15) is 5.76 Å². The van der Waals surface area contributed by atoms with E-state index in [1.807, 2.05) is 24.0 Å². The van der Waals surface area contributed by atoms with E-state index in [0.29, 0.717) is 5.56 Å². The summed E-state index contributed by atoms with van der Waals surface area (Å²) in [6.07, 6.45) is 5.11. The number of hydrogen-bond acceptors (Lipinski definition) is 3. The maximum atomic E-state index is 12.6. The standard InChI is InChI=1S/C15H16N2O3/c1-10(13-3-2-8-20-13)17(12-5-6-12)15(19)11-4-7-14(18)16-9-11/h2-4,7-10,12H,5-6H2,1H3,(H,16,18)/t10-/m0/s1. The Morgan fingerprint density at radius 3 is 2.75 bits per heavy atom. The van der Waals surface area contributed by atoms with Gasteiger partial charge in [-0.1, -0.05) is 0 Å². The van der Waals surface area contributed by atoms with Crippen LogP contribution in [0.25, 0.3) is 0 Å². The van der Waals surface area contributed by atoms with Crippen LogP contribution >= 0.6 is 0 Å². The molecule has 0 aliphatic heterocycles. The third kappa shape index (κ3) is 2.39. The van der Waals surface area contributed by atoms with Crippen molar-refractivity contribution in [3.63, 3.8) is 0 Å². The first-order chi connectivity index (χ1) is 9.66. The predicted molar refractivity (Wildman–Crippen MR) is 73.4 cm³/mol. The van der Waals surface area contributed by atoms with Gasteiger partial charge in [-0.05, 0) is 38.0 Å². The van der Waals surface area contributed by atoms with E-state index in [9.17, 15) is 9.59 Å². The highest BCUT2D eigenvalue weighted by molar-refractivity contribution is 5.94. The highest BCUT2D eigenvalue weighted by Crippen LogP contribution is 2.35. The van der Waals surface area contributed by atoms with E-state index in [1.54, 1.807) is 12.3 Å². The zero-order valence-corrected chi connectivity index (χ0v) is 11.2. The molecule has 0 radical (unpaired) electrons. The summed E-state index contributed by atoms with van der Waals surface area (Å²) in [5.74, 6) is 0.697. The van der Waals surface area contributed by atoms with Gasteiger partial charge in [0.2, 0.25) is 5.56 Å². The summed E-state index contributed by atoms with van der Waals surface area (Å²) in [6.45, 7) is 1.96. The molecule has 2 heterocycles. The van der Waals surface area contributed by atoms with Crippen LogP contribution in [0.1, 0.15) is 41.9 Å². The molecule has 104 valence electrons. The Morgan fingerprint density at radius 2 is 2.20 bits per heavy atom. The van der Waals surface area contributed by atoms with Gasteiger partial charge in [-0.2, -0.15) is 0 Å². The van der Waals surface area contributed by atoms with E-state index in [0.717, 1.165) is 18.6 Å². The van der Waals surface area contributed by atoms with Crippen molar-refractivity contribution in [2.75, 3.05) is 0 Å². The van der Waals surface area contributed by atoms with Crippen LogP contribution in [0.2, 0.25) is 0 Å². The van der Waals surface area contributed by atoms with E-state index >= 15 is 0 Å². The SMILES string of the molecule is C[C@@H](c1ccco1)N(C(=O)c1ccc(=O)[nH]c1)C1CC1. The van der Waals surface area contributed by atoms with Crippen LogP contribution in [0.15, 0.2) is 45.9 Å². The molecular formula is C15H16N2O3. The number of nitrogens with one attached hydrogen (secondary N) is 1. The van der Waals surface area contributed by atoms with Crippen molar-refractivity contribution in [3.05, 3.63) is 58.4 Å². The lowest BCUT2D eigenvalue weighted by Crippen LogP contribution is -2.35. The number of H-pyrrole nitrogens is 1. The molecule has 20 heavy (non-hydrogen) atoms. The number of amides is 1. The Balaban J connectivity index is 1.89. The van der Waals surface area contributed by atoms with Crippen molar-refractivity contribution in [1.29, 1.82) is 0 Å². The van der Waals surface area contributed by atoms with Crippen LogP contribution in [0, 0.1) is 0 Å². The summed E-state index contributed by atoms with van der Waals surface area (Å²) in [6, 6.07) is 6.77. The highest BCUT2D eigenvalue weighted by atomic mass is 16.3. The van der Waals surface area contributed by atoms with Crippen molar-refractivity contribution >= 4 is 5.91 Å². The fourth-order valence-corrected chi connectivity index (χ4v) is 2.37. The number of hydrogen-bond donors (Lipinski definition) is 1. The van der Waals surface area contributed by atoms with Crippen molar-refractivity contribution in [2.24, 2.45) is 0 Å². The molecule has 1 aliphatic carbocycles. The molecule has 1 amide bonds. The largest absolute Gasteiger partial charge is 0.467 e. The minimum Gasteiger partial charge on any atom is -0.467 e. The van der Waals surface area contributed by atoms with Gasteiger partial charge in [0.15, 0.2) is 0 Å². The van der Waals surface area contributed by atoms with E-state index in [-0.39, 0.29) is 23.6 Å². The lowest BCUT2D eigenvalue weighted by atomic mass is 10.1. The summed E-state index contributed by atoms with van der Waals surface area (Å²) >= 11 is 0. The van der Waals surface area contributed by atoms with E-state index in [1.165, 1.54) is 12.3 Å². The summed E-state index contributed by atoms with van der Waals surface area (Å²) in [4.78, 5) is 28.1. The molecular weight excluding hydrogens is 256 g/mol. The van der Waals surface area contributed by atoms with Crippen LogP contribution in [-0.2, 0) is 0 Å². The average molecular weight is 272 g/mol. The van der Waals surface area contributed by atoms with Crippen LogP contribution in [0.4, 0.5) is 0 Å². The molecule has 1 saturated carbocycles. The average Bonchev–Trinajstić information content (AvgIpc) is 3.12. The lowest BCUT2D eigenvalue weighted by molar-refractivity contribution is 0.0652. The third-order valence-corrected chi connectivity index (χ3v) is 3.58. The van der Waals surface area contributed by atoms with Crippen molar-refractivity contribution in [2.45, 2.75) is 31.8 Å². The Morgan fingerprint density at radius 1 is 1.40 bits per heavy atom. The number of aromatic amines is 1. The molecule has 0 unspecified atom stereocenters. The molecule has 5 nitrogen and oxygen atoms in total. The Hall–Kier alpha value is -2.30. The molecule has 0 spiro atoms. The van der Waals surface area contributed by atoms with Gasteiger partial charge in [-0.3, -0.25) is 9.59 Å². The number of nitrogens with zero attached hydrogens (tertiary/aromatic N) is 1. The smallest absolute Gasteiger partial charge is 0.256 e. The zero-order valence-electron chi connectivity index (χ0n) is 11.2. The van der Waals surface area contributed by atoms with Gasteiger partial charge in [-0.15, -0.1) is 0 Å². The summed E-state index contributed by atoms with van der Waals surface area (Å²) in [7, 11) is 0. The van der Waals surface area contributed by atoms with Gasteiger partial charge in [-0.25, -0.2) is 0 Å². The molecule has 0 aromatic carbocycles. The Bertz CT molecular complexity index is 636. The fraction of sp³-hybridized carbons (Fsp3) is 0.333. The van der Waals surface area contributed by atoms with Crippen LogP contribution in [0.3, 0.4) is 0 Å². The van der Waals surface area contributed by atoms with Gasteiger partial charge in [0, 0.05) is 18.3 Å². The van der Waals surface area contributed by atoms with Crippen molar-refractivity contribution < 1.29 is 9.21 Å². The normalized spacial score (nSPS) is 15.8. The molecule has 5 heteroatoms. The topological polar surface area (TPSA) is 66.3 Å². The van der Waals surface area contributed by atoms with Crippen LogP contribution in [-0.4, -0.2) is 21.8 Å². The van der Waals surface area contributed by atoms with Crippen molar-refractivity contribution in [1.82, 2.24) is 9.88 Å². The maximum Gasteiger partial charge on any atom is 0.256 e. The quantitative estimate of drug-likeness (QED) is 0.929. The Kier molecular flexibility index (Phi) is 3.18. The fourth-order valence-electron chi connectivity index (χ4n) is 2.37. The minimum absolute atomic E-state index is 0.0762. The van der Waals surface area contributed by atoms with E-state index in [4.69, 9.17) is 4.42 Å². The van der Waals surface area contributed by atoms with Gasteiger partial charge in [0.05, 0.1) is 17.9 Å². The number of aromatic nitrogens is 1. The lowest BCUT2D eigenvalue weighted by Gasteiger charge is -2.28. The van der Waals surface area contributed by atoms with E-state index < -0.39 is 0 Å². The summed E-state index contributed by atoms with van der Waals surface area (Å²) in [5.41, 5.74) is 0.286. The second-order valence-corrected chi connectivity index (χ2v) is 5.08. The minimum atomic E-state index is -0.210. The van der Waals surface area contributed by atoms with Crippen LogP contribution in [0.5, 0.6) is 0 Å². The molecule has 2 aromatic heterocycles. The Labute approximate surface area is 116 Å². The number of rotatable bonds is 4. The molecule has 2 aromatic rings. The third-order valence-electron chi connectivity index (χ3n) is 3.58. The second kappa shape index (κ2) is 5.00. The molecule has 1 atom stereocenters. The first kappa shape index (κ1) is 12.7. The first-order valence-corrected chi connectivity index (χ1v) is 6.71. The van der Waals surface area contributed by atoms with Gasteiger partial charge in [0.25, 0.3) is 5.91 Å². The van der Waals surface area contributed by atoms with Crippen LogP contribution < -0.4 is 5.56 Å². The molecule has 1 aliphatic rings. The monoisotopic (exact) mass is 272 g/mol. The molecule has 0 bridgehead atoms. The number of pyridine rings is 1. The highest BCUT2D eigenvalue weighted by Gasteiger charge is 2.37. The molecule has 3 rings (SSSR count). The molecule has 1 N–H and O–H groups in total. The van der Waals surface area contributed by atoms with Gasteiger partial charge >= 0.3 is 0 Å². The zero-order chi connectivity index (χ0) is 14.1. The second-order valence-electron chi connectivity index (χ2n) is 5.08. The first-order valence-electron chi connectivity index (χ1n) is 6.71. The molecule has 0 saturated heterocycles. The van der Waals surface area contributed by atoms with E-state index in [2.05, 4.69) is 4.98 Å². The van der Waals surface area contributed by atoms with Gasteiger partial charge < -0.3 is 14.3 Å². The molecule has 1 fully saturated rings. The summed E-state index contributed by atoms with van der Waals surface area (Å²) < 4.78 is 5.41. The number of carbonyl (C=O) groups is 1. The number of carbonyl (C=O) groups excluding carboxylic acids is 1. The van der Waals surface area contributed by atoms with Crippen molar-refractivity contribution in [3.8, 4) is 0 Å².